The van der Waals surface area contributed by atoms with Crippen molar-refractivity contribution in [1.82, 2.24) is 0 Å². The molecular weight excluding hydrogens is 619 g/mol. The van der Waals surface area contributed by atoms with Gasteiger partial charge in [0.25, 0.3) is 0 Å². The molecule has 0 aromatic heterocycles. The summed E-state index contributed by atoms with van der Waals surface area (Å²) in [6, 6.07) is 27.2. The van der Waals surface area contributed by atoms with Gasteiger partial charge in [0.1, 0.15) is 0 Å². The van der Waals surface area contributed by atoms with Gasteiger partial charge in [-0.1, -0.05) is 66.5 Å². The molecule has 0 saturated heterocycles. The molecule has 4 atom stereocenters. The molecule has 4 aromatic carbocycles. The molecule has 2 aliphatic rings. The molecule has 2 saturated carbocycles. The summed E-state index contributed by atoms with van der Waals surface area (Å²) in [6.45, 7) is 14.6. The van der Waals surface area contributed by atoms with E-state index in [0.717, 1.165) is 23.7 Å². The molecule has 0 nitrogen and oxygen atoms in total. The van der Waals surface area contributed by atoms with Gasteiger partial charge in [0.05, 0.1) is 0 Å². The number of fused-ring (bicyclic) bond motifs is 2. The van der Waals surface area contributed by atoms with Crippen molar-refractivity contribution in [2.24, 2.45) is 22.7 Å². The van der Waals surface area contributed by atoms with Crippen LogP contribution in [0.15, 0.2) is 72.8 Å². The molecule has 2 aliphatic carbocycles. The average Bonchev–Trinajstić information content (AvgIpc) is 3.59. The molecule has 0 aliphatic heterocycles. The normalized spacial score (nSPS) is 26.3. The van der Waals surface area contributed by atoms with Crippen LogP contribution in [-0.2, 0) is 20.8 Å². The van der Waals surface area contributed by atoms with Gasteiger partial charge in [-0.15, -0.1) is 81.2 Å². The number of hydrogen-bond donors (Lipinski definition) is 0. The summed E-state index contributed by atoms with van der Waals surface area (Å²) >= 11 is -0.826. The van der Waals surface area contributed by atoms with Crippen molar-refractivity contribution in [2.45, 2.75) is 105 Å². The quantitative estimate of drug-likeness (QED) is 0.190. The zero-order valence-corrected chi connectivity index (χ0v) is 30.1. The van der Waals surface area contributed by atoms with Crippen molar-refractivity contribution >= 4 is 38.6 Å². The van der Waals surface area contributed by atoms with Crippen LogP contribution in [0.3, 0.4) is 0 Å². The molecule has 0 heterocycles. The minimum atomic E-state index is -0.826. The first-order chi connectivity index (χ1) is 19.6. The average molecular weight is 669 g/mol. The molecular formula is C38H50Cl2Zr. The summed E-state index contributed by atoms with van der Waals surface area (Å²) in [6.07, 6.45) is 11.1. The monoisotopic (exact) mass is 666 g/mol. The Morgan fingerprint density at radius 1 is 0.683 bits per heavy atom. The van der Waals surface area contributed by atoms with Gasteiger partial charge in [-0.2, -0.15) is 12.1 Å². The number of hydrogen-bond acceptors (Lipinski definition) is 0. The van der Waals surface area contributed by atoms with Crippen molar-refractivity contribution in [3.05, 3.63) is 83.9 Å². The van der Waals surface area contributed by atoms with Crippen molar-refractivity contribution in [3.8, 4) is 0 Å². The van der Waals surface area contributed by atoms with Crippen LogP contribution >= 0.6 is 17.0 Å². The van der Waals surface area contributed by atoms with Gasteiger partial charge < -0.3 is 0 Å². The molecule has 220 valence electrons. The molecule has 3 heteroatoms. The first-order valence-corrected chi connectivity index (χ1v) is 22.2. The van der Waals surface area contributed by atoms with Crippen LogP contribution in [0.25, 0.3) is 21.5 Å². The molecule has 0 N–H and O–H groups in total. The zero-order chi connectivity index (χ0) is 29.6. The van der Waals surface area contributed by atoms with E-state index in [1.807, 2.05) is 0 Å². The van der Waals surface area contributed by atoms with Crippen LogP contribution in [0, 0.1) is 22.7 Å². The number of halogens is 2. The van der Waals surface area contributed by atoms with Crippen LogP contribution in [0.5, 0.6) is 0 Å². The molecule has 41 heavy (non-hydrogen) atoms. The van der Waals surface area contributed by atoms with Crippen molar-refractivity contribution < 1.29 is 20.8 Å². The number of benzene rings is 2. The van der Waals surface area contributed by atoms with Gasteiger partial charge in [0, 0.05) is 0 Å². The molecule has 0 bridgehead atoms. The second-order valence-electron chi connectivity index (χ2n) is 14.1. The fourth-order valence-corrected chi connectivity index (χ4v) is 7.48. The second kappa shape index (κ2) is 14.7. The molecule has 0 radical (unpaired) electrons. The SMILES string of the molecule is CC(C)C1(C)CCCC(c2cc3ccccc3[cH-]2)C1.CC(C)C1(C)CCCC(c2cc3ccccc3[cH-]2)C1.[Cl][Zr+2][Cl]. The maximum atomic E-state index is 4.93. The predicted octanol–water partition coefficient (Wildman–Crippen LogP) is 13.1. The third-order valence-corrected chi connectivity index (χ3v) is 11.0. The third-order valence-electron chi connectivity index (χ3n) is 11.0. The summed E-state index contributed by atoms with van der Waals surface area (Å²) < 4.78 is 0. The second-order valence-corrected chi connectivity index (χ2v) is 17.8. The van der Waals surface area contributed by atoms with E-state index >= 15 is 0 Å². The molecule has 0 spiro atoms. The molecule has 4 unspecified atom stereocenters. The predicted molar refractivity (Wildman–Crippen MR) is 179 cm³/mol. The zero-order valence-electron chi connectivity index (χ0n) is 26.2. The molecule has 2 fully saturated rings. The molecule has 6 rings (SSSR count). The van der Waals surface area contributed by atoms with E-state index in [9.17, 15) is 0 Å². The summed E-state index contributed by atoms with van der Waals surface area (Å²) in [5.41, 5.74) is 4.22. The summed E-state index contributed by atoms with van der Waals surface area (Å²) in [4.78, 5) is 0. The van der Waals surface area contributed by atoms with E-state index in [2.05, 4.69) is 114 Å². The van der Waals surface area contributed by atoms with E-state index in [-0.39, 0.29) is 0 Å². The first-order valence-electron chi connectivity index (χ1n) is 15.9. The molecule has 4 aromatic rings. The van der Waals surface area contributed by atoms with Gasteiger partial charge in [-0.3, -0.25) is 0 Å². The fourth-order valence-electron chi connectivity index (χ4n) is 7.48. The summed E-state index contributed by atoms with van der Waals surface area (Å²) in [7, 11) is 9.87. The van der Waals surface area contributed by atoms with Gasteiger partial charge in [0.2, 0.25) is 0 Å². The standard InChI is InChI=1S/2C19H25.2ClH.Zr/c2*1-14(2)19(3)10-6-9-17(13-19)18-11-15-7-4-5-8-16(15)12-18;;;/h2*4-5,7-8,11-12,14,17H,6,9-10,13H2,1-3H3;2*1H;/q2*-1;;;+4/p-2. The fraction of sp³-hybridized carbons (Fsp3) is 0.526. The molecule has 0 amide bonds. The Balaban J connectivity index is 0.000000173. The van der Waals surface area contributed by atoms with Gasteiger partial charge >= 0.3 is 37.9 Å². The van der Waals surface area contributed by atoms with E-state index in [4.69, 9.17) is 17.0 Å². The topological polar surface area (TPSA) is 0 Å². The number of rotatable bonds is 4. The van der Waals surface area contributed by atoms with Gasteiger partial charge in [0.15, 0.2) is 0 Å². The Morgan fingerprint density at radius 2 is 1.05 bits per heavy atom. The third kappa shape index (κ3) is 8.19. The Labute approximate surface area is 269 Å². The van der Waals surface area contributed by atoms with E-state index < -0.39 is 20.8 Å². The van der Waals surface area contributed by atoms with Crippen molar-refractivity contribution in [3.63, 3.8) is 0 Å². The van der Waals surface area contributed by atoms with Crippen molar-refractivity contribution in [1.29, 1.82) is 0 Å². The first kappa shape index (κ1) is 33.0. The van der Waals surface area contributed by atoms with Crippen LogP contribution < -0.4 is 0 Å². The maximum absolute atomic E-state index is 4.93. The van der Waals surface area contributed by atoms with Crippen LogP contribution in [0.1, 0.15) is 116 Å². The summed E-state index contributed by atoms with van der Waals surface area (Å²) in [5, 5.41) is 5.65. The Bertz CT molecular complexity index is 1190. The minimum absolute atomic E-state index is 0.534. The summed E-state index contributed by atoms with van der Waals surface area (Å²) in [5.74, 6) is 3.13. The van der Waals surface area contributed by atoms with Crippen LogP contribution in [0.4, 0.5) is 0 Å². The Kier molecular flexibility index (Phi) is 11.9. The van der Waals surface area contributed by atoms with E-state index in [0.29, 0.717) is 10.8 Å². The van der Waals surface area contributed by atoms with Crippen molar-refractivity contribution in [2.75, 3.05) is 0 Å². The van der Waals surface area contributed by atoms with E-state index in [1.54, 1.807) is 11.1 Å². The van der Waals surface area contributed by atoms with Crippen LogP contribution in [0.2, 0.25) is 0 Å². The van der Waals surface area contributed by atoms with Gasteiger partial charge in [-0.25, -0.2) is 0 Å². The van der Waals surface area contributed by atoms with Gasteiger partial charge in [-0.05, 0) is 73.0 Å². The van der Waals surface area contributed by atoms with E-state index in [1.165, 1.54) is 72.9 Å². The van der Waals surface area contributed by atoms with Crippen LogP contribution in [-0.4, -0.2) is 0 Å². The Morgan fingerprint density at radius 3 is 1.39 bits per heavy atom. The Hall–Kier alpha value is -0.877.